The van der Waals surface area contributed by atoms with Crippen LogP contribution in [0.5, 0.6) is 0 Å². The Kier molecular flexibility index (Phi) is 7.78. The summed E-state index contributed by atoms with van der Waals surface area (Å²) in [5, 5.41) is 6.85. The first-order chi connectivity index (χ1) is 11.7. The molecule has 1 fully saturated rings. The quantitative estimate of drug-likeness (QED) is 0.752. The van der Waals surface area contributed by atoms with Crippen molar-refractivity contribution in [3.05, 3.63) is 47.2 Å². The largest absolute Gasteiger partial charge is 0.451 e. The van der Waals surface area contributed by atoms with E-state index in [4.69, 9.17) is 16.0 Å². The number of benzene rings is 1. The molecule has 2 aromatic rings. The Labute approximate surface area is 159 Å². The summed E-state index contributed by atoms with van der Waals surface area (Å²) in [5.41, 5.74) is 0.789. The van der Waals surface area contributed by atoms with E-state index in [1.807, 2.05) is 18.2 Å². The van der Waals surface area contributed by atoms with Crippen molar-refractivity contribution in [3.63, 3.8) is 0 Å². The molecule has 0 saturated carbocycles. The van der Waals surface area contributed by atoms with E-state index in [0.29, 0.717) is 23.1 Å². The molecular weight excluding hydrogens is 361 g/mol. The van der Waals surface area contributed by atoms with Gasteiger partial charge >= 0.3 is 0 Å². The molecule has 0 aliphatic carbocycles. The number of carbonyl (C=O) groups excluding carboxylic acids is 1. The third-order valence-corrected chi connectivity index (χ3v) is 4.44. The highest BCUT2D eigenvalue weighted by Crippen LogP contribution is 2.28. The van der Waals surface area contributed by atoms with Crippen LogP contribution < -0.4 is 10.6 Å². The molecule has 2 heterocycles. The maximum absolute atomic E-state index is 12.2. The van der Waals surface area contributed by atoms with Gasteiger partial charge in [-0.2, -0.15) is 0 Å². The van der Waals surface area contributed by atoms with Crippen molar-refractivity contribution in [2.45, 2.75) is 6.42 Å². The van der Waals surface area contributed by atoms with Crippen LogP contribution in [0.15, 0.2) is 40.8 Å². The van der Waals surface area contributed by atoms with Crippen LogP contribution in [0.2, 0.25) is 5.02 Å². The highest BCUT2D eigenvalue weighted by molar-refractivity contribution is 6.33. The van der Waals surface area contributed by atoms with Crippen LogP contribution in [0.3, 0.4) is 0 Å². The topological polar surface area (TPSA) is 57.5 Å². The smallest absolute Gasteiger partial charge is 0.287 e. The summed E-state index contributed by atoms with van der Waals surface area (Å²) in [6.07, 6.45) is 0.934. The minimum absolute atomic E-state index is 0. The summed E-state index contributed by atoms with van der Waals surface area (Å²) < 4.78 is 5.64. The van der Waals surface area contributed by atoms with Gasteiger partial charge in [-0.3, -0.25) is 4.79 Å². The number of nitrogens with zero attached hydrogens (tertiary/aromatic N) is 1. The predicted molar refractivity (Wildman–Crippen MR) is 103 cm³/mol. The molecule has 0 atom stereocenters. The molecule has 136 valence electrons. The van der Waals surface area contributed by atoms with Gasteiger partial charge < -0.3 is 20.0 Å². The van der Waals surface area contributed by atoms with Crippen LogP contribution in [-0.2, 0) is 0 Å². The number of rotatable bonds is 6. The third-order valence-electron chi connectivity index (χ3n) is 4.12. The van der Waals surface area contributed by atoms with Crippen molar-refractivity contribution in [3.8, 4) is 11.3 Å². The summed E-state index contributed by atoms with van der Waals surface area (Å²) in [6.45, 7) is 5.89. The molecular formula is C18H23Cl2N3O2. The lowest BCUT2D eigenvalue weighted by atomic mass is 10.2. The Balaban J connectivity index is 0.00000225. The highest BCUT2D eigenvalue weighted by Gasteiger charge is 2.14. The first kappa shape index (κ1) is 19.8. The molecule has 0 bridgehead atoms. The van der Waals surface area contributed by atoms with Crippen molar-refractivity contribution in [2.75, 3.05) is 39.3 Å². The lowest BCUT2D eigenvalue weighted by molar-refractivity contribution is 0.0924. The molecule has 1 aromatic carbocycles. The molecule has 1 aromatic heterocycles. The number of amides is 1. The number of carbonyl (C=O) groups is 1. The molecule has 2 N–H and O–H groups in total. The number of hydrogen-bond acceptors (Lipinski definition) is 4. The van der Waals surface area contributed by atoms with Crippen molar-refractivity contribution < 1.29 is 9.21 Å². The lowest BCUT2D eigenvalue weighted by Crippen LogP contribution is -2.44. The maximum Gasteiger partial charge on any atom is 0.287 e. The summed E-state index contributed by atoms with van der Waals surface area (Å²) >= 11 is 6.15. The van der Waals surface area contributed by atoms with Crippen molar-refractivity contribution in [2.24, 2.45) is 0 Å². The normalized spacial score (nSPS) is 14.8. The second kappa shape index (κ2) is 9.82. The Bertz CT molecular complexity index is 684. The molecule has 1 saturated heterocycles. The van der Waals surface area contributed by atoms with Gasteiger partial charge in [0.05, 0.1) is 5.02 Å². The monoisotopic (exact) mass is 383 g/mol. The third kappa shape index (κ3) is 5.47. The highest BCUT2D eigenvalue weighted by atomic mass is 35.5. The molecule has 1 amide bonds. The number of nitrogens with one attached hydrogen (secondary N) is 2. The van der Waals surface area contributed by atoms with Crippen LogP contribution in [0, 0.1) is 0 Å². The molecule has 7 heteroatoms. The maximum atomic E-state index is 12.2. The number of furan rings is 1. The lowest BCUT2D eigenvalue weighted by Gasteiger charge is -2.26. The fraction of sp³-hybridized carbons (Fsp3) is 0.389. The van der Waals surface area contributed by atoms with Crippen LogP contribution in [0.1, 0.15) is 17.0 Å². The van der Waals surface area contributed by atoms with Gasteiger partial charge in [0.25, 0.3) is 5.91 Å². The van der Waals surface area contributed by atoms with Gasteiger partial charge in [-0.15, -0.1) is 12.4 Å². The summed E-state index contributed by atoms with van der Waals surface area (Å²) in [6, 6.07) is 10.9. The van der Waals surface area contributed by atoms with E-state index < -0.39 is 0 Å². The van der Waals surface area contributed by atoms with Crippen LogP contribution in [-0.4, -0.2) is 50.1 Å². The molecule has 1 aliphatic heterocycles. The van der Waals surface area contributed by atoms with Gasteiger partial charge in [-0.25, -0.2) is 0 Å². The van der Waals surface area contributed by atoms with Crippen molar-refractivity contribution >= 4 is 29.9 Å². The van der Waals surface area contributed by atoms with E-state index in [1.165, 1.54) is 0 Å². The predicted octanol–water partition coefficient (Wildman–Crippen LogP) is 3.05. The Morgan fingerprint density at radius 2 is 1.96 bits per heavy atom. The fourth-order valence-corrected chi connectivity index (χ4v) is 3.02. The number of halogens is 2. The van der Waals surface area contributed by atoms with E-state index in [-0.39, 0.29) is 18.3 Å². The van der Waals surface area contributed by atoms with Crippen molar-refractivity contribution in [1.82, 2.24) is 15.5 Å². The van der Waals surface area contributed by atoms with Gasteiger partial charge in [0.2, 0.25) is 0 Å². The van der Waals surface area contributed by atoms with Gasteiger partial charge in [0.1, 0.15) is 5.76 Å². The van der Waals surface area contributed by atoms with Gasteiger partial charge in [0.15, 0.2) is 5.76 Å². The average Bonchev–Trinajstić information content (AvgIpc) is 3.10. The molecule has 3 rings (SSSR count). The van der Waals surface area contributed by atoms with Crippen LogP contribution in [0.4, 0.5) is 0 Å². The SMILES string of the molecule is Cl.O=C(NCCCN1CCNCC1)c1ccc(-c2ccccc2Cl)o1. The van der Waals surface area contributed by atoms with Gasteiger partial charge in [-0.05, 0) is 37.2 Å². The zero-order chi connectivity index (χ0) is 16.8. The van der Waals surface area contributed by atoms with Crippen molar-refractivity contribution in [1.29, 1.82) is 0 Å². The Morgan fingerprint density at radius 3 is 2.72 bits per heavy atom. The second-order valence-electron chi connectivity index (χ2n) is 5.84. The minimum atomic E-state index is -0.186. The van der Waals surface area contributed by atoms with E-state index in [0.717, 1.165) is 44.7 Å². The molecule has 5 nitrogen and oxygen atoms in total. The summed E-state index contributed by atoms with van der Waals surface area (Å²) in [5.74, 6) is 0.729. The zero-order valence-corrected chi connectivity index (χ0v) is 15.5. The summed E-state index contributed by atoms with van der Waals surface area (Å²) in [7, 11) is 0. The van der Waals surface area contributed by atoms with Gasteiger partial charge in [-0.1, -0.05) is 23.7 Å². The standard InChI is InChI=1S/C18H22ClN3O2.ClH/c19-15-5-2-1-4-14(15)16-6-7-17(24-16)18(23)21-8-3-11-22-12-9-20-10-13-22;/h1-2,4-7,20H,3,8-13H2,(H,21,23);1H. The molecule has 0 unspecified atom stereocenters. The van der Waals surface area contributed by atoms with E-state index >= 15 is 0 Å². The first-order valence-electron chi connectivity index (χ1n) is 8.30. The first-order valence-corrected chi connectivity index (χ1v) is 8.68. The molecule has 0 radical (unpaired) electrons. The number of piperazine rings is 1. The average molecular weight is 384 g/mol. The second-order valence-corrected chi connectivity index (χ2v) is 6.25. The van der Waals surface area contributed by atoms with Crippen LogP contribution in [0.25, 0.3) is 11.3 Å². The Hall–Kier alpha value is -1.53. The summed E-state index contributed by atoms with van der Waals surface area (Å²) in [4.78, 5) is 14.6. The Morgan fingerprint density at radius 1 is 1.20 bits per heavy atom. The van der Waals surface area contributed by atoms with E-state index in [1.54, 1.807) is 18.2 Å². The van der Waals surface area contributed by atoms with Gasteiger partial charge in [0, 0.05) is 38.3 Å². The molecule has 0 spiro atoms. The zero-order valence-electron chi connectivity index (χ0n) is 14.0. The molecule has 1 aliphatic rings. The molecule has 25 heavy (non-hydrogen) atoms. The van der Waals surface area contributed by atoms with E-state index in [9.17, 15) is 4.79 Å². The van der Waals surface area contributed by atoms with E-state index in [2.05, 4.69) is 15.5 Å². The minimum Gasteiger partial charge on any atom is -0.451 e. The fourth-order valence-electron chi connectivity index (χ4n) is 2.79. The number of hydrogen-bond donors (Lipinski definition) is 2. The van der Waals surface area contributed by atoms with Crippen LogP contribution >= 0.6 is 24.0 Å².